The highest BCUT2D eigenvalue weighted by Gasteiger charge is 2.56. The summed E-state index contributed by atoms with van der Waals surface area (Å²) in [6.07, 6.45) is 0. The van der Waals surface area contributed by atoms with Crippen molar-refractivity contribution in [2.24, 2.45) is 5.92 Å². The smallest absolute Gasteiger partial charge is 0.305 e. The molecule has 196 valence electrons. The lowest BCUT2D eigenvalue weighted by Gasteiger charge is -2.29. The number of thioether (sulfide) groups is 1. The van der Waals surface area contributed by atoms with E-state index in [1.165, 1.54) is 28.8 Å². The number of aromatic nitrogens is 1. The van der Waals surface area contributed by atoms with Gasteiger partial charge in [-0.2, -0.15) is 0 Å². The summed E-state index contributed by atoms with van der Waals surface area (Å²) in [5.41, 5.74) is 1.81. The molecule has 3 aromatic carbocycles. The Morgan fingerprint density at radius 2 is 1.67 bits per heavy atom. The number of nitrogens with one attached hydrogen (secondary N) is 2. The highest BCUT2D eigenvalue weighted by Crippen LogP contribution is 2.53. The van der Waals surface area contributed by atoms with E-state index in [1.54, 1.807) is 60.7 Å². The number of H-pyrrole nitrogens is 1. The number of para-hydroxylation sites is 1. The van der Waals surface area contributed by atoms with E-state index >= 15 is 0 Å². The van der Waals surface area contributed by atoms with Crippen molar-refractivity contribution in [1.29, 1.82) is 0 Å². The molecule has 1 saturated heterocycles. The molecule has 3 atom stereocenters. The number of ether oxygens (including phenoxy) is 1. The van der Waals surface area contributed by atoms with E-state index in [2.05, 4.69) is 10.3 Å². The van der Waals surface area contributed by atoms with E-state index in [9.17, 15) is 24.3 Å². The first-order valence-electron chi connectivity index (χ1n) is 12.0. The number of hydrogen-bond acceptors (Lipinski definition) is 8. The molecule has 0 bridgehead atoms. The maximum atomic E-state index is 13.7. The third-order valence-corrected chi connectivity index (χ3v) is 9.00. The van der Waals surface area contributed by atoms with Gasteiger partial charge in [0.05, 0.1) is 16.6 Å². The van der Waals surface area contributed by atoms with Crippen molar-refractivity contribution in [3.63, 3.8) is 0 Å². The van der Waals surface area contributed by atoms with Crippen molar-refractivity contribution in [3.8, 4) is 11.5 Å². The molecule has 2 aliphatic heterocycles. The van der Waals surface area contributed by atoms with Crippen molar-refractivity contribution in [1.82, 2.24) is 4.98 Å². The van der Waals surface area contributed by atoms with E-state index in [0.29, 0.717) is 22.2 Å². The van der Waals surface area contributed by atoms with Crippen LogP contribution in [0, 0.1) is 5.92 Å². The minimum atomic E-state index is -0.676. The molecule has 0 spiro atoms. The Hall–Kier alpha value is -4.35. The average molecular weight is 560 g/mol. The molecule has 11 heteroatoms. The molecule has 0 aliphatic carbocycles. The topological polar surface area (TPSA) is 129 Å². The van der Waals surface area contributed by atoms with E-state index in [0.717, 1.165) is 21.8 Å². The number of benzene rings is 3. The Labute approximate surface area is 230 Å². The van der Waals surface area contributed by atoms with Crippen LogP contribution in [0.5, 0.6) is 11.5 Å². The zero-order valence-corrected chi connectivity index (χ0v) is 21.8. The van der Waals surface area contributed by atoms with Crippen LogP contribution in [0.25, 0.3) is 0 Å². The SMILES string of the molecule is O=C(COc1ccc([C@H]2c3sc(=O)[nH]c3SC3C(=O)N(c4ccccc4)C(=O)C32)cc1)Nc1ccc(O)cc1. The first-order chi connectivity index (χ1) is 18.9. The van der Waals surface area contributed by atoms with Crippen molar-refractivity contribution in [2.45, 2.75) is 16.2 Å². The second-order valence-corrected chi connectivity index (χ2v) is 11.2. The molecule has 0 saturated carbocycles. The van der Waals surface area contributed by atoms with Gasteiger partial charge in [-0.1, -0.05) is 53.4 Å². The molecule has 2 unspecified atom stereocenters. The van der Waals surface area contributed by atoms with Crippen LogP contribution in [0.15, 0.2) is 88.7 Å². The molecular weight excluding hydrogens is 538 g/mol. The fraction of sp³-hybridized carbons (Fsp3) is 0.143. The Bertz CT molecular complexity index is 1620. The molecule has 39 heavy (non-hydrogen) atoms. The lowest BCUT2D eigenvalue weighted by Crippen LogP contribution is -2.32. The van der Waals surface area contributed by atoms with Crippen LogP contribution in [0.4, 0.5) is 11.4 Å². The van der Waals surface area contributed by atoms with Crippen LogP contribution >= 0.6 is 23.1 Å². The van der Waals surface area contributed by atoms with Crippen molar-refractivity contribution >= 4 is 52.2 Å². The van der Waals surface area contributed by atoms with Gasteiger partial charge in [-0.25, -0.2) is 4.90 Å². The van der Waals surface area contributed by atoms with Gasteiger partial charge in [0.1, 0.15) is 16.7 Å². The Morgan fingerprint density at radius 1 is 0.949 bits per heavy atom. The second kappa shape index (κ2) is 10.1. The minimum absolute atomic E-state index is 0.0997. The number of hydrogen-bond donors (Lipinski definition) is 3. The van der Waals surface area contributed by atoms with Gasteiger partial charge >= 0.3 is 4.87 Å². The maximum Gasteiger partial charge on any atom is 0.305 e. The van der Waals surface area contributed by atoms with Gasteiger partial charge in [-0.05, 0) is 54.1 Å². The fourth-order valence-electron chi connectivity index (χ4n) is 4.87. The molecule has 3 heterocycles. The number of amides is 3. The first kappa shape index (κ1) is 25.0. The van der Waals surface area contributed by atoms with Crippen LogP contribution < -0.4 is 19.8 Å². The lowest BCUT2D eigenvalue weighted by atomic mass is 9.83. The molecule has 9 nitrogen and oxygen atoms in total. The highest BCUT2D eigenvalue weighted by molar-refractivity contribution is 8.00. The number of carbonyl (C=O) groups excluding carboxylic acids is 3. The number of anilines is 2. The molecule has 1 fully saturated rings. The quantitative estimate of drug-likeness (QED) is 0.241. The summed E-state index contributed by atoms with van der Waals surface area (Å²) in [7, 11) is 0. The summed E-state index contributed by atoms with van der Waals surface area (Å²) in [5.74, 6) is -1.59. The molecule has 6 rings (SSSR count). The van der Waals surface area contributed by atoms with Crippen molar-refractivity contribution < 1.29 is 24.2 Å². The number of phenolic OH excluding ortho intramolecular Hbond substituents is 1. The molecule has 3 amide bonds. The van der Waals surface area contributed by atoms with E-state index in [-0.39, 0.29) is 35.0 Å². The largest absolute Gasteiger partial charge is 0.508 e. The summed E-state index contributed by atoms with van der Waals surface area (Å²) in [5, 5.41) is 12.0. The fourth-order valence-corrected chi connectivity index (χ4v) is 7.39. The summed E-state index contributed by atoms with van der Waals surface area (Å²) in [6, 6.07) is 21.9. The van der Waals surface area contributed by atoms with Gasteiger partial charge < -0.3 is 20.1 Å². The van der Waals surface area contributed by atoms with Gasteiger partial charge in [-0.15, -0.1) is 0 Å². The summed E-state index contributed by atoms with van der Waals surface area (Å²) < 4.78 is 5.63. The monoisotopic (exact) mass is 559 g/mol. The van der Waals surface area contributed by atoms with Crippen LogP contribution in [0.2, 0.25) is 0 Å². The second-order valence-electron chi connectivity index (χ2n) is 9.05. The average Bonchev–Trinajstić information content (AvgIpc) is 3.43. The number of carbonyl (C=O) groups is 3. The third-order valence-electron chi connectivity index (χ3n) is 6.60. The Morgan fingerprint density at radius 3 is 2.38 bits per heavy atom. The van der Waals surface area contributed by atoms with E-state index in [1.807, 2.05) is 6.07 Å². The Kier molecular flexibility index (Phi) is 6.45. The summed E-state index contributed by atoms with van der Waals surface area (Å²) >= 11 is 2.28. The van der Waals surface area contributed by atoms with Gasteiger partial charge in [0.15, 0.2) is 6.61 Å². The molecule has 1 aromatic heterocycles. The number of nitrogens with zero attached hydrogens (tertiary/aromatic N) is 1. The zero-order valence-electron chi connectivity index (χ0n) is 20.2. The minimum Gasteiger partial charge on any atom is -0.508 e. The lowest BCUT2D eigenvalue weighted by molar-refractivity contribution is -0.122. The standard InChI is InChI=1S/C28H21N3O6S2/c32-18-10-8-16(9-11-18)29-20(33)14-37-19-12-6-15(7-13-19)21-22-24(38-25-23(21)39-28(36)30-25)27(35)31(26(22)34)17-4-2-1-3-5-17/h1-13,21-22,24,32H,14H2,(H,29,33)(H,30,36)/t21-,22?,24?/m1/s1. The van der Waals surface area contributed by atoms with Crippen LogP contribution in [0.3, 0.4) is 0 Å². The molecule has 3 N–H and O–H groups in total. The van der Waals surface area contributed by atoms with Gasteiger partial charge in [0.25, 0.3) is 5.91 Å². The van der Waals surface area contributed by atoms with Crippen LogP contribution in [0.1, 0.15) is 16.4 Å². The van der Waals surface area contributed by atoms with Crippen molar-refractivity contribution in [2.75, 3.05) is 16.8 Å². The number of aromatic hydroxyl groups is 1. The number of fused-ring (bicyclic) bond motifs is 2. The Balaban J connectivity index is 1.24. The van der Waals surface area contributed by atoms with Crippen molar-refractivity contribution in [3.05, 3.63) is 99.0 Å². The maximum absolute atomic E-state index is 13.7. The van der Waals surface area contributed by atoms with E-state index in [4.69, 9.17) is 4.74 Å². The number of aromatic amines is 1. The van der Waals surface area contributed by atoms with Crippen LogP contribution in [-0.2, 0) is 14.4 Å². The van der Waals surface area contributed by atoms with Gasteiger partial charge in [-0.3, -0.25) is 19.2 Å². The van der Waals surface area contributed by atoms with Gasteiger partial charge in [0, 0.05) is 16.5 Å². The predicted octanol–water partition coefficient (Wildman–Crippen LogP) is 3.96. The number of thiazole rings is 1. The third kappa shape index (κ3) is 4.70. The van der Waals surface area contributed by atoms with E-state index < -0.39 is 17.1 Å². The summed E-state index contributed by atoms with van der Waals surface area (Å²) in [6.45, 7) is -0.229. The number of rotatable bonds is 6. The first-order valence-corrected chi connectivity index (χ1v) is 13.7. The predicted molar refractivity (Wildman–Crippen MR) is 148 cm³/mol. The highest BCUT2D eigenvalue weighted by atomic mass is 32.2. The number of imide groups is 1. The van der Waals surface area contributed by atoms with Crippen LogP contribution in [-0.4, -0.2) is 39.7 Å². The van der Waals surface area contributed by atoms with Gasteiger partial charge in [0.2, 0.25) is 11.8 Å². The zero-order chi connectivity index (χ0) is 27.1. The number of phenols is 1. The molecule has 2 aliphatic rings. The molecule has 0 radical (unpaired) electrons. The normalized spacial score (nSPS) is 19.9. The summed E-state index contributed by atoms with van der Waals surface area (Å²) in [4.78, 5) is 56.2. The molecule has 4 aromatic rings. The molecular formula is C28H21N3O6S2.